The van der Waals surface area contributed by atoms with E-state index in [9.17, 15) is 9.18 Å². The van der Waals surface area contributed by atoms with E-state index in [0.717, 1.165) is 32.4 Å². The monoisotopic (exact) mass is 328 g/mol. The zero-order valence-corrected chi connectivity index (χ0v) is 12.3. The average molecular weight is 329 g/mol. The van der Waals surface area contributed by atoms with Crippen molar-refractivity contribution in [2.24, 2.45) is 11.7 Å². The third kappa shape index (κ3) is 3.54. The number of likely N-dealkylation sites (tertiary alicyclic amines) is 1. The lowest BCUT2D eigenvalue weighted by Gasteiger charge is -2.32. The quantitative estimate of drug-likeness (QED) is 0.927. The lowest BCUT2D eigenvalue weighted by atomic mass is 9.94. The van der Waals surface area contributed by atoms with Gasteiger partial charge in [0.25, 0.3) is 5.91 Å². The van der Waals surface area contributed by atoms with Crippen LogP contribution in [0.3, 0.4) is 0 Å². The van der Waals surface area contributed by atoms with Gasteiger partial charge >= 0.3 is 0 Å². The van der Waals surface area contributed by atoms with Crippen LogP contribution in [0.1, 0.15) is 29.6 Å². The molecule has 1 aromatic rings. The Balaban J connectivity index is 2.08. The Bertz CT molecular complexity index is 465. The molecule has 0 spiro atoms. The summed E-state index contributed by atoms with van der Waals surface area (Å²) in [7, 11) is 0. The van der Waals surface area contributed by atoms with Gasteiger partial charge in [-0.3, -0.25) is 4.79 Å². The fourth-order valence-electron chi connectivity index (χ4n) is 2.53. The average Bonchev–Trinajstić information content (AvgIpc) is 2.42. The molecule has 1 aliphatic heterocycles. The second-order valence-electron chi connectivity index (χ2n) is 4.97. The van der Waals surface area contributed by atoms with Gasteiger partial charge in [-0.15, -0.1) is 0 Å². The minimum absolute atomic E-state index is 0.0897. The van der Waals surface area contributed by atoms with Gasteiger partial charge in [0.05, 0.1) is 4.47 Å². The van der Waals surface area contributed by atoms with E-state index in [4.69, 9.17) is 5.73 Å². The highest BCUT2D eigenvalue weighted by atomic mass is 79.9. The van der Waals surface area contributed by atoms with Crippen LogP contribution in [0.5, 0.6) is 0 Å². The van der Waals surface area contributed by atoms with Gasteiger partial charge < -0.3 is 10.6 Å². The summed E-state index contributed by atoms with van der Waals surface area (Å²) in [6.45, 7) is 2.13. The first-order valence-corrected chi connectivity index (χ1v) is 7.35. The normalized spacial score (nSPS) is 19.5. The first-order chi connectivity index (χ1) is 9.11. The molecular formula is C14H18BrFN2O. The van der Waals surface area contributed by atoms with Gasteiger partial charge in [0, 0.05) is 18.7 Å². The summed E-state index contributed by atoms with van der Waals surface area (Å²) in [6, 6.07) is 4.52. The number of carbonyl (C=O) groups is 1. The van der Waals surface area contributed by atoms with Crippen LogP contribution < -0.4 is 5.73 Å². The molecule has 1 saturated heterocycles. The predicted molar refractivity (Wildman–Crippen MR) is 76.4 cm³/mol. The fourth-order valence-corrected chi connectivity index (χ4v) is 2.78. The number of amides is 1. The molecule has 3 nitrogen and oxygen atoms in total. The van der Waals surface area contributed by atoms with E-state index in [-0.39, 0.29) is 5.91 Å². The predicted octanol–water partition coefficient (Wildman–Crippen LogP) is 2.79. The van der Waals surface area contributed by atoms with Crippen molar-refractivity contribution in [3.05, 3.63) is 34.1 Å². The number of nitrogens with zero attached hydrogens (tertiary/aromatic N) is 1. The summed E-state index contributed by atoms with van der Waals surface area (Å²) in [4.78, 5) is 14.1. The van der Waals surface area contributed by atoms with Crippen molar-refractivity contribution < 1.29 is 9.18 Å². The second-order valence-corrected chi connectivity index (χ2v) is 5.82. The maximum absolute atomic E-state index is 13.5. The van der Waals surface area contributed by atoms with E-state index in [2.05, 4.69) is 15.9 Å². The van der Waals surface area contributed by atoms with Crippen molar-refractivity contribution >= 4 is 21.8 Å². The first kappa shape index (κ1) is 14.5. The molecule has 104 valence electrons. The molecule has 0 aliphatic carbocycles. The largest absolute Gasteiger partial charge is 0.338 e. The van der Waals surface area contributed by atoms with Crippen molar-refractivity contribution in [2.45, 2.75) is 19.3 Å². The van der Waals surface area contributed by atoms with E-state index >= 15 is 0 Å². The van der Waals surface area contributed by atoms with Gasteiger partial charge in [0.2, 0.25) is 0 Å². The highest BCUT2D eigenvalue weighted by molar-refractivity contribution is 9.10. The minimum atomic E-state index is -0.402. The third-order valence-corrected chi connectivity index (χ3v) is 4.19. The maximum Gasteiger partial charge on any atom is 0.253 e. The number of hydrogen-bond acceptors (Lipinski definition) is 2. The van der Waals surface area contributed by atoms with Crippen molar-refractivity contribution in [1.29, 1.82) is 0 Å². The number of halogens is 2. The number of carbonyl (C=O) groups excluding carboxylic acids is 1. The summed E-state index contributed by atoms with van der Waals surface area (Å²) in [5.74, 6) is -0.0162. The van der Waals surface area contributed by atoms with Crippen LogP contribution in [-0.4, -0.2) is 30.4 Å². The molecule has 1 heterocycles. The van der Waals surface area contributed by atoms with E-state index in [1.807, 2.05) is 4.90 Å². The molecule has 0 bridgehead atoms. The third-order valence-electron chi connectivity index (χ3n) is 3.55. The van der Waals surface area contributed by atoms with Crippen LogP contribution in [0.4, 0.5) is 4.39 Å². The number of nitrogens with two attached hydrogens (primary N) is 1. The van der Waals surface area contributed by atoms with Gasteiger partial charge in [-0.25, -0.2) is 4.39 Å². The topological polar surface area (TPSA) is 46.3 Å². The molecule has 5 heteroatoms. The lowest BCUT2D eigenvalue weighted by molar-refractivity contribution is 0.0669. The zero-order chi connectivity index (χ0) is 13.8. The van der Waals surface area contributed by atoms with Crippen LogP contribution in [0.25, 0.3) is 0 Å². The fraction of sp³-hybridized carbons (Fsp3) is 0.500. The van der Waals surface area contributed by atoms with Crippen LogP contribution in [0, 0.1) is 11.7 Å². The van der Waals surface area contributed by atoms with Gasteiger partial charge in [-0.2, -0.15) is 0 Å². The van der Waals surface area contributed by atoms with Crippen LogP contribution in [0.15, 0.2) is 22.7 Å². The van der Waals surface area contributed by atoms with Crippen molar-refractivity contribution in [1.82, 2.24) is 4.90 Å². The molecule has 0 aromatic heterocycles. The molecule has 1 fully saturated rings. The van der Waals surface area contributed by atoms with Crippen molar-refractivity contribution in [3.63, 3.8) is 0 Å². The van der Waals surface area contributed by atoms with Gasteiger partial charge in [0.1, 0.15) is 5.82 Å². The Morgan fingerprint density at radius 3 is 3.00 bits per heavy atom. The SMILES string of the molecule is NCCC1CCCN(C(=O)c2ccc(Br)c(F)c2)C1. The smallest absolute Gasteiger partial charge is 0.253 e. The molecule has 1 amide bonds. The highest BCUT2D eigenvalue weighted by Gasteiger charge is 2.24. The Hall–Kier alpha value is -0.940. The van der Waals surface area contributed by atoms with E-state index in [1.165, 1.54) is 6.07 Å². The van der Waals surface area contributed by atoms with Crippen LogP contribution in [-0.2, 0) is 0 Å². The second kappa shape index (κ2) is 6.48. The molecule has 0 radical (unpaired) electrons. The number of hydrogen-bond donors (Lipinski definition) is 1. The summed E-state index contributed by atoms with van der Waals surface area (Å²) in [5, 5.41) is 0. The summed E-state index contributed by atoms with van der Waals surface area (Å²) < 4.78 is 13.8. The molecule has 2 N–H and O–H groups in total. The Morgan fingerprint density at radius 2 is 2.32 bits per heavy atom. The molecule has 1 atom stereocenters. The van der Waals surface area contributed by atoms with Gasteiger partial charge in [-0.1, -0.05) is 0 Å². The number of rotatable bonds is 3. The number of piperidine rings is 1. The summed E-state index contributed by atoms with van der Waals surface area (Å²) in [5.41, 5.74) is 5.98. The molecular weight excluding hydrogens is 311 g/mol. The zero-order valence-electron chi connectivity index (χ0n) is 10.7. The van der Waals surface area contributed by atoms with E-state index < -0.39 is 5.82 Å². The van der Waals surface area contributed by atoms with Gasteiger partial charge in [-0.05, 0) is 65.9 Å². The number of benzene rings is 1. The Kier molecular flexibility index (Phi) is 4.93. The molecule has 2 rings (SSSR count). The standard InChI is InChI=1S/C14H18BrFN2O/c15-12-4-3-11(8-13(12)16)14(19)18-7-1-2-10(9-18)5-6-17/h3-4,8,10H,1-2,5-7,9,17H2. The van der Waals surface area contributed by atoms with Crippen LogP contribution >= 0.6 is 15.9 Å². The van der Waals surface area contributed by atoms with E-state index in [1.54, 1.807) is 12.1 Å². The van der Waals surface area contributed by atoms with Gasteiger partial charge in [0.15, 0.2) is 0 Å². The summed E-state index contributed by atoms with van der Waals surface area (Å²) >= 11 is 3.09. The summed E-state index contributed by atoms with van der Waals surface area (Å²) in [6.07, 6.45) is 3.06. The Morgan fingerprint density at radius 1 is 1.53 bits per heavy atom. The highest BCUT2D eigenvalue weighted by Crippen LogP contribution is 2.22. The molecule has 1 aromatic carbocycles. The molecule has 1 unspecified atom stereocenters. The lowest BCUT2D eigenvalue weighted by Crippen LogP contribution is -2.40. The first-order valence-electron chi connectivity index (χ1n) is 6.56. The molecule has 1 aliphatic rings. The van der Waals surface area contributed by atoms with Crippen molar-refractivity contribution in [3.8, 4) is 0 Å². The van der Waals surface area contributed by atoms with Crippen LogP contribution in [0.2, 0.25) is 0 Å². The van der Waals surface area contributed by atoms with Crippen molar-refractivity contribution in [2.75, 3.05) is 19.6 Å². The Labute approximate surface area is 121 Å². The van der Waals surface area contributed by atoms with E-state index in [0.29, 0.717) is 22.5 Å². The molecule has 0 saturated carbocycles. The maximum atomic E-state index is 13.5. The molecule has 19 heavy (non-hydrogen) atoms. The minimum Gasteiger partial charge on any atom is -0.338 e.